The van der Waals surface area contributed by atoms with E-state index in [1.165, 1.54) is 37.3 Å². The number of likely N-dealkylation sites (tertiary alicyclic amines) is 2. The second kappa shape index (κ2) is 9.89. The molecule has 4 heterocycles. The van der Waals surface area contributed by atoms with Gasteiger partial charge in [0.05, 0.1) is 11.2 Å². The summed E-state index contributed by atoms with van der Waals surface area (Å²) in [5.74, 6) is 0.990. The molecule has 3 aromatic rings. The quantitative estimate of drug-likeness (QED) is 0.593. The molecule has 2 saturated heterocycles. The number of amides is 1. The average molecular weight is 464 g/mol. The number of aromatic nitrogens is 2. The van der Waals surface area contributed by atoms with Gasteiger partial charge in [-0.05, 0) is 62.5 Å². The number of hydrogen-bond acceptors (Lipinski definition) is 7. The van der Waals surface area contributed by atoms with E-state index in [1.807, 2.05) is 40.6 Å². The Labute approximate surface area is 198 Å². The van der Waals surface area contributed by atoms with Gasteiger partial charge in [-0.3, -0.25) is 4.79 Å². The second-order valence-electron chi connectivity index (χ2n) is 8.72. The minimum Gasteiger partial charge on any atom is -0.483 e. The normalized spacial score (nSPS) is 17.4. The zero-order valence-corrected chi connectivity index (χ0v) is 19.5. The molecule has 2 aliphatic rings. The Morgan fingerprint density at radius 1 is 1.06 bits per heavy atom. The maximum Gasteiger partial charge on any atom is 0.253 e. The van der Waals surface area contributed by atoms with E-state index in [1.54, 1.807) is 11.7 Å². The van der Waals surface area contributed by atoms with Crippen molar-refractivity contribution in [2.24, 2.45) is 0 Å². The second-order valence-corrected chi connectivity index (χ2v) is 9.44. The summed E-state index contributed by atoms with van der Waals surface area (Å²) in [4.78, 5) is 26.1. The monoisotopic (exact) mass is 463 g/mol. The van der Waals surface area contributed by atoms with Crippen LogP contribution in [0.3, 0.4) is 0 Å². The van der Waals surface area contributed by atoms with Gasteiger partial charge >= 0.3 is 0 Å². The summed E-state index contributed by atoms with van der Waals surface area (Å²) in [6.07, 6.45) is 6.50. The van der Waals surface area contributed by atoms with Crippen LogP contribution in [-0.4, -0.2) is 57.9 Å². The summed E-state index contributed by atoms with van der Waals surface area (Å²) < 4.78 is 5.82. The molecule has 5 rings (SSSR count). The molecule has 172 valence electrons. The smallest absolute Gasteiger partial charge is 0.253 e. The van der Waals surface area contributed by atoms with E-state index in [-0.39, 0.29) is 5.91 Å². The third-order valence-electron chi connectivity index (χ3n) is 6.61. The van der Waals surface area contributed by atoms with E-state index in [9.17, 15) is 4.79 Å². The number of nitrogens with zero attached hydrogens (tertiary/aromatic N) is 4. The number of nitrogen functional groups attached to an aromatic ring is 1. The maximum absolute atomic E-state index is 13.0. The molecule has 8 heteroatoms. The van der Waals surface area contributed by atoms with Crippen LogP contribution < -0.4 is 10.5 Å². The Hall–Kier alpha value is -2.97. The minimum absolute atomic E-state index is 0.115. The highest BCUT2D eigenvalue weighted by molar-refractivity contribution is 7.07. The van der Waals surface area contributed by atoms with Gasteiger partial charge in [-0.25, -0.2) is 9.97 Å². The predicted octanol–water partition coefficient (Wildman–Crippen LogP) is 4.07. The fourth-order valence-electron chi connectivity index (χ4n) is 4.72. The van der Waals surface area contributed by atoms with Gasteiger partial charge in [-0.15, -0.1) is 11.3 Å². The summed E-state index contributed by atoms with van der Waals surface area (Å²) in [6, 6.07) is 10.2. The molecule has 0 spiro atoms. The van der Waals surface area contributed by atoms with Crippen LogP contribution in [-0.2, 0) is 6.61 Å². The molecular weight excluding hydrogens is 434 g/mol. The first-order chi connectivity index (χ1) is 16.2. The molecule has 0 bridgehead atoms. The number of ether oxygens (including phenoxy) is 1. The maximum atomic E-state index is 13.0. The van der Waals surface area contributed by atoms with Gasteiger partial charge in [-0.1, -0.05) is 12.1 Å². The van der Waals surface area contributed by atoms with Crippen molar-refractivity contribution in [3.05, 3.63) is 58.7 Å². The van der Waals surface area contributed by atoms with Crippen LogP contribution in [0, 0.1) is 0 Å². The predicted molar refractivity (Wildman–Crippen MR) is 130 cm³/mol. The number of piperidine rings is 1. The van der Waals surface area contributed by atoms with Crippen molar-refractivity contribution >= 4 is 23.1 Å². The Balaban J connectivity index is 1.22. The molecule has 2 fully saturated rings. The van der Waals surface area contributed by atoms with Gasteiger partial charge in [0.2, 0.25) is 0 Å². The van der Waals surface area contributed by atoms with Gasteiger partial charge in [0.1, 0.15) is 6.61 Å². The van der Waals surface area contributed by atoms with Crippen molar-refractivity contribution in [1.82, 2.24) is 19.8 Å². The number of benzene rings is 1. The van der Waals surface area contributed by atoms with Crippen LogP contribution in [0.4, 0.5) is 5.82 Å². The first kappa shape index (κ1) is 21.9. The van der Waals surface area contributed by atoms with Crippen molar-refractivity contribution in [3.8, 4) is 16.9 Å². The van der Waals surface area contributed by atoms with E-state index >= 15 is 0 Å². The van der Waals surface area contributed by atoms with Crippen molar-refractivity contribution in [1.29, 1.82) is 0 Å². The standard InChI is InChI=1S/C25H29N5O2S/c26-24-23(32-15-21-16-33-17-28-21)13-20(14-27-24)18-3-5-19(6-4-18)25(31)30-11-7-22(8-12-30)29-9-1-2-10-29/h3-6,13-14,16-17,22H,1-2,7-12,15H2,(H2,26,27). The van der Waals surface area contributed by atoms with Gasteiger partial charge in [0.15, 0.2) is 11.6 Å². The summed E-state index contributed by atoms with van der Waals surface area (Å²) in [5, 5.41) is 1.94. The fourth-order valence-corrected chi connectivity index (χ4v) is 5.26. The fraction of sp³-hybridized carbons (Fsp3) is 0.400. The topological polar surface area (TPSA) is 84.6 Å². The molecule has 0 aliphatic carbocycles. The molecule has 7 nitrogen and oxygen atoms in total. The highest BCUT2D eigenvalue weighted by Crippen LogP contribution is 2.28. The zero-order chi connectivity index (χ0) is 22.6. The number of pyridine rings is 1. The number of carbonyl (C=O) groups is 1. The third kappa shape index (κ3) is 5.02. The van der Waals surface area contributed by atoms with Crippen molar-refractivity contribution in [2.45, 2.75) is 38.3 Å². The lowest BCUT2D eigenvalue weighted by atomic mass is 10.0. The largest absolute Gasteiger partial charge is 0.483 e. The lowest BCUT2D eigenvalue weighted by Gasteiger charge is -2.36. The van der Waals surface area contributed by atoms with E-state index in [4.69, 9.17) is 10.5 Å². The molecule has 33 heavy (non-hydrogen) atoms. The summed E-state index contributed by atoms with van der Waals surface area (Å²) in [7, 11) is 0. The molecule has 2 N–H and O–H groups in total. The van der Waals surface area contributed by atoms with Crippen molar-refractivity contribution < 1.29 is 9.53 Å². The van der Waals surface area contributed by atoms with E-state index in [0.29, 0.717) is 24.2 Å². The molecule has 0 radical (unpaired) electrons. The van der Waals surface area contributed by atoms with Gasteiger partial charge in [-0.2, -0.15) is 0 Å². The van der Waals surface area contributed by atoms with Crippen LogP contribution in [0.1, 0.15) is 41.7 Å². The molecule has 1 aromatic carbocycles. The summed E-state index contributed by atoms with van der Waals surface area (Å²) in [5.41, 5.74) is 11.2. The highest BCUT2D eigenvalue weighted by atomic mass is 32.1. The van der Waals surface area contributed by atoms with Gasteiger partial charge in [0, 0.05) is 41.8 Å². The number of hydrogen-bond donors (Lipinski definition) is 1. The summed E-state index contributed by atoms with van der Waals surface area (Å²) >= 11 is 1.53. The molecule has 2 aromatic heterocycles. The Morgan fingerprint density at radius 2 is 1.82 bits per heavy atom. The van der Waals surface area contributed by atoms with Crippen LogP contribution in [0.15, 0.2) is 47.4 Å². The van der Waals surface area contributed by atoms with Gasteiger partial charge < -0.3 is 20.3 Å². The highest BCUT2D eigenvalue weighted by Gasteiger charge is 2.28. The van der Waals surface area contributed by atoms with E-state index < -0.39 is 0 Å². The number of rotatable bonds is 6. The molecule has 0 saturated carbocycles. The first-order valence-corrected chi connectivity index (χ1v) is 12.5. The Bertz CT molecular complexity index is 1070. The Kier molecular flexibility index (Phi) is 6.55. The molecular formula is C25H29N5O2S. The number of anilines is 1. The number of thiazole rings is 1. The Morgan fingerprint density at radius 3 is 2.52 bits per heavy atom. The lowest BCUT2D eigenvalue weighted by Crippen LogP contribution is -2.45. The van der Waals surface area contributed by atoms with Crippen LogP contribution >= 0.6 is 11.3 Å². The molecule has 0 unspecified atom stereocenters. The molecule has 0 atom stereocenters. The number of nitrogens with two attached hydrogens (primary N) is 1. The lowest BCUT2D eigenvalue weighted by molar-refractivity contribution is 0.0644. The van der Waals surface area contributed by atoms with Crippen molar-refractivity contribution in [3.63, 3.8) is 0 Å². The van der Waals surface area contributed by atoms with E-state index in [0.717, 1.165) is 48.3 Å². The van der Waals surface area contributed by atoms with E-state index in [2.05, 4.69) is 14.9 Å². The van der Waals surface area contributed by atoms with Crippen LogP contribution in [0.2, 0.25) is 0 Å². The zero-order valence-electron chi connectivity index (χ0n) is 18.7. The molecule has 2 aliphatic heterocycles. The SMILES string of the molecule is Nc1ncc(-c2ccc(C(=O)N3CCC(N4CCCC4)CC3)cc2)cc1OCc1cscn1. The van der Waals surface area contributed by atoms with Crippen LogP contribution in [0.25, 0.3) is 11.1 Å². The number of carbonyl (C=O) groups excluding carboxylic acids is 1. The first-order valence-electron chi connectivity index (χ1n) is 11.6. The minimum atomic E-state index is 0.115. The van der Waals surface area contributed by atoms with Crippen molar-refractivity contribution in [2.75, 3.05) is 31.9 Å². The van der Waals surface area contributed by atoms with Gasteiger partial charge in [0.25, 0.3) is 5.91 Å². The third-order valence-corrected chi connectivity index (χ3v) is 7.25. The molecule has 1 amide bonds. The summed E-state index contributed by atoms with van der Waals surface area (Å²) in [6.45, 7) is 4.46. The van der Waals surface area contributed by atoms with Crippen LogP contribution in [0.5, 0.6) is 5.75 Å². The average Bonchev–Trinajstić information content (AvgIpc) is 3.58.